The Morgan fingerprint density at radius 2 is 1.64 bits per heavy atom. The van der Waals surface area contributed by atoms with Gasteiger partial charge in [-0.2, -0.15) is 0 Å². The summed E-state index contributed by atoms with van der Waals surface area (Å²) in [6.07, 6.45) is 4.59. The Labute approximate surface area is 170 Å². The van der Waals surface area contributed by atoms with Crippen molar-refractivity contribution in [3.8, 4) is 11.3 Å². The summed E-state index contributed by atoms with van der Waals surface area (Å²) in [6, 6.07) is 18.6. The van der Waals surface area contributed by atoms with Crippen LogP contribution in [0.1, 0.15) is 32.6 Å². The molecule has 4 rings (SSSR count). The van der Waals surface area contributed by atoms with Crippen molar-refractivity contribution in [2.24, 2.45) is 5.92 Å². The molecular weight excluding hydrogens is 366 g/mol. The van der Waals surface area contributed by atoms with Gasteiger partial charge in [0.15, 0.2) is 0 Å². The van der Waals surface area contributed by atoms with Gasteiger partial charge in [0.05, 0.1) is 5.75 Å². The first-order valence-corrected chi connectivity index (χ1v) is 10.9. The van der Waals surface area contributed by atoms with Crippen LogP contribution in [0.25, 0.3) is 22.0 Å². The molecule has 0 aliphatic heterocycles. The molecule has 3 aromatic rings. The number of nitrogens with zero attached hydrogens (tertiary/aromatic N) is 2. The number of carbonyl (C=O) groups excluding carboxylic acids is 1. The largest absolute Gasteiger partial charge is 0.353 e. The highest BCUT2D eigenvalue weighted by molar-refractivity contribution is 8.00. The third kappa shape index (κ3) is 4.36. The summed E-state index contributed by atoms with van der Waals surface area (Å²) >= 11 is 1.47. The summed E-state index contributed by atoms with van der Waals surface area (Å²) in [5, 5.41) is 15.0. The quantitative estimate of drug-likeness (QED) is 0.616. The van der Waals surface area contributed by atoms with Crippen molar-refractivity contribution in [1.82, 2.24) is 15.5 Å². The SMILES string of the molecule is CC1CCC(NC(=O)CSc2nnc(-c3ccccc3)c3ccccc23)CC1. The lowest BCUT2D eigenvalue weighted by Gasteiger charge is -2.26. The number of hydrogen-bond acceptors (Lipinski definition) is 4. The number of hydrogen-bond donors (Lipinski definition) is 1. The van der Waals surface area contributed by atoms with Crippen molar-refractivity contribution in [2.75, 3.05) is 5.75 Å². The molecule has 2 aromatic carbocycles. The molecule has 1 saturated carbocycles. The van der Waals surface area contributed by atoms with Gasteiger partial charge in [0.1, 0.15) is 10.7 Å². The zero-order valence-corrected chi connectivity index (χ0v) is 16.9. The fourth-order valence-electron chi connectivity index (χ4n) is 3.80. The lowest BCUT2D eigenvalue weighted by molar-refractivity contribution is -0.119. The molecule has 1 aliphatic carbocycles. The first-order valence-electron chi connectivity index (χ1n) is 9.93. The minimum atomic E-state index is 0.0857. The van der Waals surface area contributed by atoms with Gasteiger partial charge < -0.3 is 5.32 Å². The van der Waals surface area contributed by atoms with Gasteiger partial charge in [-0.15, -0.1) is 10.2 Å². The highest BCUT2D eigenvalue weighted by Crippen LogP contribution is 2.31. The fraction of sp³-hybridized carbons (Fsp3) is 0.348. The second kappa shape index (κ2) is 8.74. The van der Waals surface area contributed by atoms with Crippen molar-refractivity contribution in [3.05, 3.63) is 54.6 Å². The average molecular weight is 392 g/mol. The Bertz CT molecular complexity index is 952. The van der Waals surface area contributed by atoms with E-state index < -0.39 is 0 Å². The van der Waals surface area contributed by atoms with Crippen molar-refractivity contribution >= 4 is 28.4 Å². The molecule has 1 amide bonds. The highest BCUT2D eigenvalue weighted by atomic mass is 32.2. The number of nitrogens with one attached hydrogen (secondary N) is 1. The Hall–Kier alpha value is -2.40. The molecule has 1 heterocycles. The topological polar surface area (TPSA) is 54.9 Å². The number of aromatic nitrogens is 2. The maximum atomic E-state index is 12.4. The van der Waals surface area contributed by atoms with Crippen LogP contribution >= 0.6 is 11.8 Å². The van der Waals surface area contributed by atoms with Crippen molar-refractivity contribution < 1.29 is 4.79 Å². The van der Waals surface area contributed by atoms with Crippen LogP contribution in [0.5, 0.6) is 0 Å². The zero-order chi connectivity index (χ0) is 19.3. The minimum absolute atomic E-state index is 0.0857. The van der Waals surface area contributed by atoms with Crippen LogP contribution in [-0.2, 0) is 4.79 Å². The van der Waals surface area contributed by atoms with Gasteiger partial charge in [-0.25, -0.2) is 0 Å². The van der Waals surface area contributed by atoms with Gasteiger partial charge in [0.25, 0.3) is 0 Å². The van der Waals surface area contributed by atoms with Gasteiger partial charge in [-0.1, -0.05) is 73.3 Å². The van der Waals surface area contributed by atoms with E-state index in [4.69, 9.17) is 0 Å². The van der Waals surface area contributed by atoms with E-state index in [0.717, 1.165) is 45.8 Å². The van der Waals surface area contributed by atoms with Crippen LogP contribution < -0.4 is 5.32 Å². The third-order valence-corrected chi connectivity index (χ3v) is 6.40. The predicted molar refractivity (Wildman–Crippen MR) is 115 cm³/mol. The molecule has 144 valence electrons. The van der Waals surface area contributed by atoms with Gasteiger partial charge in [-0.05, 0) is 31.6 Å². The maximum Gasteiger partial charge on any atom is 0.230 e. The molecule has 0 radical (unpaired) electrons. The molecule has 1 aliphatic rings. The molecule has 4 nitrogen and oxygen atoms in total. The molecule has 0 atom stereocenters. The lowest BCUT2D eigenvalue weighted by atomic mass is 9.87. The zero-order valence-electron chi connectivity index (χ0n) is 16.1. The Balaban J connectivity index is 1.48. The predicted octanol–water partition coefficient (Wildman–Crippen LogP) is 5.08. The molecule has 0 saturated heterocycles. The van der Waals surface area contributed by atoms with Crippen molar-refractivity contribution in [2.45, 2.75) is 43.7 Å². The molecule has 28 heavy (non-hydrogen) atoms. The Morgan fingerprint density at radius 3 is 2.39 bits per heavy atom. The van der Waals surface area contributed by atoms with Crippen LogP contribution in [0.4, 0.5) is 0 Å². The van der Waals surface area contributed by atoms with Crippen LogP contribution in [0.15, 0.2) is 59.6 Å². The Kier molecular flexibility index (Phi) is 5.91. The summed E-state index contributed by atoms with van der Waals surface area (Å²) < 4.78 is 0. The van der Waals surface area contributed by atoms with E-state index in [1.807, 2.05) is 42.5 Å². The molecule has 1 aromatic heterocycles. The first kappa shape index (κ1) is 18.9. The summed E-state index contributed by atoms with van der Waals surface area (Å²) in [5.74, 6) is 1.24. The summed E-state index contributed by atoms with van der Waals surface area (Å²) in [4.78, 5) is 12.4. The number of thioether (sulfide) groups is 1. The molecule has 0 unspecified atom stereocenters. The summed E-state index contributed by atoms with van der Waals surface area (Å²) in [6.45, 7) is 2.29. The number of rotatable bonds is 5. The third-order valence-electron chi connectivity index (χ3n) is 5.42. The number of amides is 1. The van der Waals surface area contributed by atoms with Gasteiger partial charge in [-0.3, -0.25) is 4.79 Å². The average Bonchev–Trinajstić information content (AvgIpc) is 2.74. The maximum absolute atomic E-state index is 12.4. The van der Waals surface area contributed by atoms with E-state index in [1.165, 1.54) is 24.6 Å². The lowest BCUT2D eigenvalue weighted by Crippen LogP contribution is -2.38. The van der Waals surface area contributed by atoms with Crippen LogP contribution in [0, 0.1) is 5.92 Å². The summed E-state index contributed by atoms with van der Waals surface area (Å²) in [5.41, 5.74) is 1.92. The van der Waals surface area contributed by atoms with Crippen molar-refractivity contribution in [1.29, 1.82) is 0 Å². The van der Waals surface area contributed by atoms with E-state index in [0.29, 0.717) is 11.8 Å². The van der Waals surface area contributed by atoms with Gasteiger partial charge in [0, 0.05) is 22.4 Å². The first-order chi connectivity index (χ1) is 13.7. The van der Waals surface area contributed by atoms with Crippen LogP contribution in [0.3, 0.4) is 0 Å². The smallest absolute Gasteiger partial charge is 0.230 e. The summed E-state index contributed by atoms with van der Waals surface area (Å²) in [7, 11) is 0. The van der Waals surface area contributed by atoms with E-state index in [-0.39, 0.29) is 5.91 Å². The molecule has 5 heteroatoms. The second-order valence-electron chi connectivity index (χ2n) is 7.58. The van der Waals surface area contributed by atoms with Crippen LogP contribution in [-0.4, -0.2) is 27.9 Å². The molecule has 1 fully saturated rings. The van der Waals surface area contributed by atoms with Gasteiger partial charge >= 0.3 is 0 Å². The number of fused-ring (bicyclic) bond motifs is 1. The van der Waals surface area contributed by atoms with E-state index in [9.17, 15) is 4.79 Å². The van der Waals surface area contributed by atoms with Gasteiger partial charge in [0.2, 0.25) is 5.91 Å². The fourth-order valence-corrected chi connectivity index (χ4v) is 4.59. The molecule has 1 N–H and O–H groups in total. The van der Waals surface area contributed by atoms with E-state index in [1.54, 1.807) is 0 Å². The number of carbonyl (C=O) groups is 1. The normalized spacial score (nSPS) is 19.5. The minimum Gasteiger partial charge on any atom is -0.353 e. The molecule has 0 spiro atoms. The number of benzene rings is 2. The molecular formula is C23H25N3OS. The van der Waals surface area contributed by atoms with Crippen molar-refractivity contribution in [3.63, 3.8) is 0 Å². The monoisotopic (exact) mass is 391 g/mol. The standard InChI is InChI=1S/C23H25N3OS/c1-16-11-13-18(14-12-16)24-21(27)15-28-23-20-10-6-5-9-19(20)22(25-26-23)17-7-3-2-4-8-17/h2-10,16,18H,11-15H2,1H3,(H,24,27). The van der Waals surface area contributed by atoms with E-state index in [2.05, 4.69) is 34.6 Å². The van der Waals surface area contributed by atoms with E-state index >= 15 is 0 Å². The van der Waals surface area contributed by atoms with Crippen LogP contribution in [0.2, 0.25) is 0 Å². The highest BCUT2D eigenvalue weighted by Gasteiger charge is 2.20. The second-order valence-corrected chi connectivity index (χ2v) is 8.54. The Morgan fingerprint density at radius 1 is 0.964 bits per heavy atom. The molecule has 0 bridgehead atoms.